The number of likely N-dealkylation sites (N-methyl/N-ethyl adjacent to an activating group) is 1. The van der Waals surface area contributed by atoms with Gasteiger partial charge in [-0.25, -0.2) is 0 Å². The average Bonchev–Trinajstić information content (AvgIpc) is 2.89. The molecule has 0 aromatic carbocycles. The summed E-state index contributed by atoms with van der Waals surface area (Å²) >= 11 is 7.10. The zero-order valence-electron chi connectivity index (χ0n) is 9.07. The van der Waals surface area contributed by atoms with Crippen molar-refractivity contribution < 1.29 is 0 Å². The highest BCUT2D eigenvalue weighted by Crippen LogP contribution is 2.23. The summed E-state index contributed by atoms with van der Waals surface area (Å²) in [5, 5.41) is 7.77. The van der Waals surface area contributed by atoms with Gasteiger partial charge in [0.05, 0.1) is 3.79 Å². The molecule has 1 atom stereocenters. The van der Waals surface area contributed by atoms with Crippen molar-refractivity contribution in [2.75, 3.05) is 7.05 Å². The Morgan fingerprint density at radius 3 is 2.75 bits per heavy atom. The molecule has 0 bridgehead atoms. The maximum atomic E-state index is 3.50. The number of rotatable bonds is 5. The predicted molar refractivity (Wildman–Crippen MR) is 76.6 cm³/mol. The number of halogens is 1. The highest BCUT2D eigenvalue weighted by atomic mass is 79.9. The molecule has 2 rings (SSSR count). The summed E-state index contributed by atoms with van der Waals surface area (Å²) < 4.78 is 1.22. The van der Waals surface area contributed by atoms with Crippen LogP contribution in [0.2, 0.25) is 0 Å². The summed E-state index contributed by atoms with van der Waals surface area (Å²) in [6.45, 7) is 0. The van der Waals surface area contributed by atoms with E-state index >= 15 is 0 Å². The van der Waals surface area contributed by atoms with E-state index in [1.165, 1.54) is 14.2 Å². The summed E-state index contributed by atoms with van der Waals surface area (Å²) in [6.07, 6.45) is 2.21. The molecular formula is C12H14BrNS2. The van der Waals surface area contributed by atoms with Crippen LogP contribution in [0.3, 0.4) is 0 Å². The molecule has 0 radical (unpaired) electrons. The molecule has 1 N–H and O–H groups in total. The van der Waals surface area contributed by atoms with E-state index < -0.39 is 0 Å². The lowest BCUT2D eigenvalue weighted by atomic mass is 10.1. The van der Waals surface area contributed by atoms with Crippen LogP contribution < -0.4 is 5.32 Å². The first-order valence-electron chi connectivity index (χ1n) is 5.20. The Balaban J connectivity index is 1.95. The highest BCUT2D eigenvalue weighted by molar-refractivity contribution is 9.11. The molecule has 0 aliphatic carbocycles. The summed E-state index contributed by atoms with van der Waals surface area (Å²) in [5.74, 6) is 0. The molecule has 1 nitrogen and oxygen atoms in total. The van der Waals surface area contributed by atoms with Crippen molar-refractivity contribution >= 4 is 38.6 Å². The molecule has 0 fully saturated rings. The largest absolute Gasteiger partial charge is 0.316 e. The van der Waals surface area contributed by atoms with Gasteiger partial charge in [-0.3, -0.25) is 0 Å². The Bertz CT molecular complexity index is 422. The van der Waals surface area contributed by atoms with E-state index in [0.29, 0.717) is 6.04 Å². The fraction of sp³-hybridized carbons (Fsp3) is 0.333. The van der Waals surface area contributed by atoms with Crippen LogP contribution in [-0.4, -0.2) is 13.1 Å². The molecule has 2 aromatic rings. The van der Waals surface area contributed by atoms with Gasteiger partial charge in [-0.15, -0.1) is 11.3 Å². The minimum absolute atomic E-state index is 0.528. The molecule has 4 heteroatoms. The molecule has 0 amide bonds. The van der Waals surface area contributed by atoms with Gasteiger partial charge in [0.1, 0.15) is 0 Å². The van der Waals surface area contributed by atoms with Gasteiger partial charge >= 0.3 is 0 Å². The van der Waals surface area contributed by atoms with Crippen LogP contribution >= 0.6 is 38.6 Å². The molecule has 0 aliphatic rings. The van der Waals surface area contributed by atoms with E-state index in [0.717, 1.165) is 12.8 Å². The van der Waals surface area contributed by atoms with Crippen LogP contribution in [-0.2, 0) is 12.8 Å². The SMILES string of the molecule is CNC(Cc1ccsc1)Cc1ccc(Br)s1. The maximum absolute atomic E-state index is 3.50. The van der Waals surface area contributed by atoms with Gasteiger partial charge in [0, 0.05) is 10.9 Å². The Hall–Kier alpha value is -0.160. The normalized spacial score (nSPS) is 12.9. The van der Waals surface area contributed by atoms with E-state index in [2.05, 4.69) is 50.2 Å². The first kappa shape index (κ1) is 12.3. The average molecular weight is 316 g/mol. The fourth-order valence-corrected chi connectivity index (χ4v) is 3.92. The first-order chi connectivity index (χ1) is 7.78. The third-order valence-corrected chi connectivity index (χ3v) is 4.92. The smallest absolute Gasteiger partial charge is 0.0701 e. The van der Waals surface area contributed by atoms with Crippen LogP contribution in [0, 0.1) is 0 Å². The van der Waals surface area contributed by atoms with Gasteiger partial charge in [0.15, 0.2) is 0 Å². The standard InChI is InChI=1S/C12H14BrNS2/c1-14-10(6-9-4-5-15-8-9)7-11-2-3-12(13)16-11/h2-5,8,10,14H,6-7H2,1H3. The minimum atomic E-state index is 0.528. The molecule has 16 heavy (non-hydrogen) atoms. The van der Waals surface area contributed by atoms with Gasteiger partial charge in [-0.05, 0) is 70.3 Å². The Morgan fingerprint density at radius 1 is 1.31 bits per heavy atom. The molecule has 1 unspecified atom stereocenters. The van der Waals surface area contributed by atoms with E-state index in [4.69, 9.17) is 0 Å². The molecule has 0 saturated heterocycles. The van der Waals surface area contributed by atoms with Crippen LogP contribution in [0.4, 0.5) is 0 Å². The Labute approximate surface area is 113 Å². The number of nitrogens with one attached hydrogen (secondary N) is 1. The monoisotopic (exact) mass is 315 g/mol. The summed E-state index contributed by atoms with van der Waals surface area (Å²) in [4.78, 5) is 1.43. The van der Waals surface area contributed by atoms with Crippen LogP contribution in [0.5, 0.6) is 0 Å². The lowest BCUT2D eigenvalue weighted by Crippen LogP contribution is -2.29. The summed E-state index contributed by atoms with van der Waals surface area (Å²) in [6, 6.07) is 7.06. The van der Waals surface area contributed by atoms with Crippen molar-refractivity contribution in [3.05, 3.63) is 43.2 Å². The molecule has 2 aromatic heterocycles. The van der Waals surface area contributed by atoms with Gasteiger partial charge < -0.3 is 5.32 Å². The van der Waals surface area contributed by atoms with Gasteiger partial charge in [-0.1, -0.05) is 0 Å². The van der Waals surface area contributed by atoms with E-state index in [1.807, 2.05) is 18.4 Å². The molecule has 0 spiro atoms. The topological polar surface area (TPSA) is 12.0 Å². The summed E-state index contributed by atoms with van der Waals surface area (Å²) in [5.41, 5.74) is 1.43. The Kier molecular flexibility index (Phi) is 4.58. The van der Waals surface area contributed by atoms with Gasteiger partial charge in [0.25, 0.3) is 0 Å². The van der Waals surface area contributed by atoms with Crippen molar-refractivity contribution in [3.8, 4) is 0 Å². The molecule has 2 heterocycles. The van der Waals surface area contributed by atoms with Crippen molar-refractivity contribution in [1.29, 1.82) is 0 Å². The molecule has 0 saturated carbocycles. The predicted octanol–water partition coefficient (Wildman–Crippen LogP) is 3.95. The number of hydrogen-bond donors (Lipinski definition) is 1. The third kappa shape index (κ3) is 3.42. The van der Waals surface area contributed by atoms with Crippen LogP contribution in [0.15, 0.2) is 32.7 Å². The van der Waals surface area contributed by atoms with Gasteiger partial charge in [0.2, 0.25) is 0 Å². The highest BCUT2D eigenvalue weighted by Gasteiger charge is 2.10. The first-order valence-corrected chi connectivity index (χ1v) is 7.75. The second kappa shape index (κ2) is 5.96. The molecule has 86 valence electrons. The summed E-state index contributed by atoms with van der Waals surface area (Å²) in [7, 11) is 2.04. The second-order valence-corrected chi connectivity index (χ2v) is 7.06. The fourth-order valence-electron chi connectivity index (χ4n) is 1.67. The number of hydrogen-bond acceptors (Lipinski definition) is 3. The van der Waals surface area contributed by atoms with Crippen molar-refractivity contribution in [2.24, 2.45) is 0 Å². The number of thiophene rings is 2. The van der Waals surface area contributed by atoms with Crippen LogP contribution in [0.25, 0.3) is 0 Å². The van der Waals surface area contributed by atoms with Gasteiger partial charge in [-0.2, -0.15) is 11.3 Å². The minimum Gasteiger partial charge on any atom is -0.316 e. The maximum Gasteiger partial charge on any atom is 0.0701 e. The zero-order valence-corrected chi connectivity index (χ0v) is 12.3. The van der Waals surface area contributed by atoms with Crippen molar-refractivity contribution in [1.82, 2.24) is 5.32 Å². The van der Waals surface area contributed by atoms with E-state index in [9.17, 15) is 0 Å². The lowest BCUT2D eigenvalue weighted by molar-refractivity contribution is 0.561. The second-order valence-electron chi connectivity index (χ2n) is 3.73. The van der Waals surface area contributed by atoms with E-state index in [-0.39, 0.29) is 0 Å². The third-order valence-electron chi connectivity index (χ3n) is 2.55. The van der Waals surface area contributed by atoms with Crippen molar-refractivity contribution in [3.63, 3.8) is 0 Å². The molecule has 0 aliphatic heterocycles. The Morgan fingerprint density at radius 2 is 2.19 bits per heavy atom. The zero-order chi connectivity index (χ0) is 11.4. The van der Waals surface area contributed by atoms with Crippen LogP contribution in [0.1, 0.15) is 10.4 Å². The quantitative estimate of drug-likeness (QED) is 0.881. The lowest BCUT2D eigenvalue weighted by Gasteiger charge is -2.14. The van der Waals surface area contributed by atoms with E-state index in [1.54, 1.807) is 11.3 Å². The van der Waals surface area contributed by atoms with Crippen molar-refractivity contribution in [2.45, 2.75) is 18.9 Å². The molecular weight excluding hydrogens is 302 g/mol.